The number of anilines is 2. The van der Waals surface area contributed by atoms with Crippen molar-refractivity contribution in [1.29, 1.82) is 0 Å². The van der Waals surface area contributed by atoms with Crippen LogP contribution >= 0.6 is 0 Å². The largest absolute Gasteiger partial charge is 0.508 e. The molecule has 54 valence electrons. The van der Waals surface area contributed by atoms with Gasteiger partial charge in [0.15, 0.2) is 0 Å². The van der Waals surface area contributed by atoms with Crippen LogP contribution in [0.2, 0.25) is 0 Å². The van der Waals surface area contributed by atoms with E-state index in [-0.39, 0.29) is 5.75 Å². The fourth-order valence-corrected chi connectivity index (χ4v) is 0.743. The molecule has 3 heteroatoms. The van der Waals surface area contributed by atoms with Crippen LogP contribution in [-0.2, 0) is 0 Å². The Balaban J connectivity index is 3.31. The van der Waals surface area contributed by atoms with Crippen LogP contribution in [0.3, 0.4) is 0 Å². The van der Waals surface area contributed by atoms with E-state index in [1.165, 1.54) is 12.1 Å². The van der Waals surface area contributed by atoms with Gasteiger partial charge in [-0.15, -0.1) is 0 Å². The van der Waals surface area contributed by atoms with Gasteiger partial charge < -0.3 is 16.6 Å². The first-order valence-electron chi connectivity index (χ1n) is 2.96. The highest BCUT2D eigenvalue weighted by Gasteiger charge is 1.99. The van der Waals surface area contributed by atoms with Crippen molar-refractivity contribution >= 4 is 11.4 Å². The van der Waals surface area contributed by atoms with Crippen LogP contribution in [0.25, 0.3) is 0 Å². The van der Waals surface area contributed by atoms with Crippen molar-refractivity contribution in [2.75, 3.05) is 11.5 Å². The minimum Gasteiger partial charge on any atom is -0.508 e. The molecule has 1 rings (SSSR count). The van der Waals surface area contributed by atoms with E-state index in [0.29, 0.717) is 11.4 Å². The molecule has 0 fully saturated rings. The highest BCUT2D eigenvalue weighted by molar-refractivity contribution is 5.63. The molecule has 0 bridgehead atoms. The first-order chi connectivity index (χ1) is 4.61. The van der Waals surface area contributed by atoms with Crippen LogP contribution in [0.4, 0.5) is 11.4 Å². The molecule has 0 spiro atoms. The lowest BCUT2D eigenvalue weighted by molar-refractivity contribution is 0.476. The van der Waals surface area contributed by atoms with Gasteiger partial charge in [0.25, 0.3) is 0 Å². The lowest BCUT2D eigenvalue weighted by Crippen LogP contribution is -1.94. The number of nitrogens with two attached hydrogens (primary N) is 2. The summed E-state index contributed by atoms with van der Waals surface area (Å²) in [6.07, 6.45) is 0. The van der Waals surface area contributed by atoms with Gasteiger partial charge in [-0.3, -0.25) is 0 Å². The van der Waals surface area contributed by atoms with Crippen molar-refractivity contribution < 1.29 is 5.11 Å². The van der Waals surface area contributed by atoms with E-state index in [1.54, 1.807) is 0 Å². The van der Waals surface area contributed by atoms with Crippen LogP contribution < -0.4 is 11.5 Å². The van der Waals surface area contributed by atoms with Crippen LogP contribution in [0.5, 0.6) is 5.75 Å². The Morgan fingerprint density at radius 1 is 1.20 bits per heavy atom. The Labute approximate surface area is 59.3 Å². The molecule has 3 nitrogen and oxygen atoms in total. The van der Waals surface area contributed by atoms with Gasteiger partial charge in [0, 0.05) is 23.5 Å². The number of benzene rings is 1. The second-order valence-electron chi connectivity index (χ2n) is 2.25. The summed E-state index contributed by atoms with van der Waals surface area (Å²) in [6, 6.07) is 2.96. The summed E-state index contributed by atoms with van der Waals surface area (Å²) in [4.78, 5) is 0. The number of phenols is 1. The van der Waals surface area contributed by atoms with Gasteiger partial charge >= 0.3 is 0 Å². The maximum atomic E-state index is 8.96. The van der Waals surface area contributed by atoms with Crippen LogP contribution in [-0.4, -0.2) is 5.11 Å². The molecule has 0 amide bonds. The molecule has 5 N–H and O–H groups in total. The summed E-state index contributed by atoms with van der Waals surface area (Å²) >= 11 is 0. The molecule has 0 aliphatic carbocycles. The third-order valence-electron chi connectivity index (χ3n) is 1.47. The summed E-state index contributed by atoms with van der Waals surface area (Å²) in [5.41, 5.74) is 12.8. The Morgan fingerprint density at radius 3 is 2.00 bits per heavy atom. The van der Waals surface area contributed by atoms with Crippen molar-refractivity contribution in [2.24, 2.45) is 0 Å². The van der Waals surface area contributed by atoms with Gasteiger partial charge in [-0.05, 0) is 12.5 Å². The molecule has 1 aromatic carbocycles. The summed E-state index contributed by atoms with van der Waals surface area (Å²) in [5.74, 6) is 0.112. The smallest absolute Gasteiger partial charge is 0.119 e. The third-order valence-corrected chi connectivity index (χ3v) is 1.47. The number of aromatic hydroxyl groups is 1. The standard InChI is InChI=1S/C7H10N2O/c1-4-6(8)2-5(10)3-7(4)9/h2-3,10H,8-9H2,1H3. The predicted molar refractivity (Wildman–Crippen MR) is 41.7 cm³/mol. The van der Waals surface area contributed by atoms with E-state index in [9.17, 15) is 0 Å². The number of hydrogen-bond acceptors (Lipinski definition) is 3. The SMILES string of the molecule is Cc1c(N)cc(O)cc1N. The van der Waals surface area contributed by atoms with Crippen molar-refractivity contribution in [3.63, 3.8) is 0 Å². The van der Waals surface area contributed by atoms with Crippen LogP contribution in [0.15, 0.2) is 12.1 Å². The van der Waals surface area contributed by atoms with Crippen molar-refractivity contribution in [3.05, 3.63) is 17.7 Å². The zero-order valence-electron chi connectivity index (χ0n) is 5.76. The maximum Gasteiger partial charge on any atom is 0.119 e. The number of phenolic OH excluding ortho intramolecular Hbond substituents is 1. The summed E-state index contributed by atoms with van der Waals surface area (Å²) in [7, 11) is 0. The van der Waals surface area contributed by atoms with E-state index in [1.807, 2.05) is 6.92 Å². The number of hydrogen-bond donors (Lipinski definition) is 3. The first-order valence-corrected chi connectivity index (χ1v) is 2.96. The van der Waals surface area contributed by atoms with Gasteiger partial charge in [0.2, 0.25) is 0 Å². The second-order valence-corrected chi connectivity index (χ2v) is 2.25. The molecule has 0 saturated heterocycles. The minimum atomic E-state index is 0.112. The lowest BCUT2D eigenvalue weighted by Gasteiger charge is -2.03. The predicted octanol–water partition coefficient (Wildman–Crippen LogP) is 0.865. The molecule has 0 radical (unpaired) electrons. The van der Waals surface area contributed by atoms with Gasteiger partial charge in [-0.25, -0.2) is 0 Å². The molecule has 0 atom stereocenters. The molecule has 10 heavy (non-hydrogen) atoms. The fourth-order valence-electron chi connectivity index (χ4n) is 0.743. The van der Waals surface area contributed by atoms with Gasteiger partial charge in [0.05, 0.1) is 0 Å². The Hall–Kier alpha value is -1.38. The molecule has 0 unspecified atom stereocenters. The molecule has 1 aromatic rings. The highest BCUT2D eigenvalue weighted by atomic mass is 16.3. The molecule has 0 heterocycles. The molecule has 0 saturated carbocycles. The minimum absolute atomic E-state index is 0.112. The molecule has 0 aliphatic rings. The second kappa shape index (κ2) is 2.10. The van der Waals surface area contributed by atoms with Gasteiger partial charge in [-0.2, -0.15) is 0 Å². The average Bonchev–Trinajstić information content (AvgIpc) is 1.82. The number of nitrogen functional groups attached to an aromatic ring is 2. The average molecular weight is 138 g/mol. The van der Waals surface area contributed by atoms with Gasteiger partial charge in [0.1, 0.15) is 5.75 Å². The quantitative estimate of drug-likeness (QED) is 0.466. The summed E-state index contributed by atoms with van der Waals surface area (Å²) in [5, 5.41) is 8.96. The van der Waals surface area contributed by atoms with Crippen molar-refractivity contribution in [2.45, 2.75) is 6.92 Å². The van der Waals surface area contributed by atoms with Crippen LogP contribution in [0.1, 0.15) is 5.56 Å². The van der Waals surface area contributed by atoms with Gasteiger partial charge in [-0.1, -0.05) is 0 Å². The van der Waals surface area contributed by atoms with E-state index in [2.05, 4.69) is 0 Å². The molecular formula is C7H10N2O. The number of rotatable bonds is 0. The highest BCUT2D eigenvalue weighted by Crippen LogP contribution is 2.24. The maximum absolute atomic E-state index is 8.96. The molecular weight excluding hydrogens is 128 g/mol. The van der Waals surface area contributed by atoms with Crippen LogP contribution in [0, 0.1) is 6.92 Å². The summed E-state index contributed by atoms with van der Waals surface area (Å²) < 4.78 is 0. The lowest BCUT2D eigenvalue weighted by atomic mass is 10.1. The Kier molecular flexibility index (Phi) is 1.41. The third kappa shape index (κ3) is 0.978. The van der Waals surface area contributed by atoms with Crippen molar-refractivity contribution in [3.8, 4) is 5.75 Å². The van der Waals surface area contributed by atoms with E-state index >= 15 is 0 Å². The Morgan fingerprint density at radius 2 is 1.60 bits per heavy atom. The molecule has 0 aromatic heterocycles. The van der Waals surface area contributed by atoms with Crippen molar-refractivity contribution in [1.82, 2.24) is 0 Å². The summed E-state index contributed by atoms with van der Waals surface area (Å²) in [6.45, 7) is 1.81. The first kappa shape index (κ1) is 6.74. The van der Waals surface area contributed by atoms with E-state index in [0.717, 1.165) is 5.56 Å². The topological polar surface area (TPSA) is 72.3 Å². The zero-order chi connectivity index (χ0) is 7.72. The molecule has 0 aliphatic heterocycles. The fraction of sp³-hybridized carbons (Fsp3) is 0.143. The zero-order valence-corrected chi connectivity index (χ0v) is 5.76. The Bertz CT molecular complexity index is 235. The monoisotopic (exact) mass is 138 g/mol. The van der Waals surface area contributed by atoms with E-state index < -0.39 is 0 Å². The normalized spacial score (nSPS) is 9.70. The van der Waals surface area contributed by atoms with E-state index in [4.69, 9.17) is 16.6 Å².